The van der Waals surface area contributed by atoms with Gasteiger partial charge in [-0.15, -0.1) is 0 Å². The molecule has 0 unspecified atom stereocenters. The molecule has 0 heterocycles. The molecule has 5 heteroatoms. The summed E-state index contributed by atoms with van der Waals surface area (Å²) in [5.41, 5.74) is 7.26. The number of aryl methyl sites for hydroxylation is 1. The first-order valence-corrected chi connectivity index (χ1v) is 6.37. The van der Waals surface area contributed by atoms with E-state index in [-0.39, 0.29) is 17.9 Å². The first-order chi connectivity index (χ1) is 10.0. The average molecular weight is 289 g/mol. The Morgan fingerprint density at radius 3 is 2.67 bits per heavy atom. The van der Waals surface area contributed by atoms with Crippen LogP contribution in [-0.4, -0.2) is 13.1 Å². The molecule has 0 saturated heterocycles. The van der Waals surface area contributed by atoms with Crippen molar-refractivity contribution in [2.45, 2.75) is 13.5 Å². The van der Waals surface area contributed by atoms with Gasteiger partial charge in [0, 0.05) is 5.56 Å². The van der Waals surface area contributed by atoms with Crippen molar-refractivity contribution in [2.24, 2.45) is 0 Å². The zero-order valence-corrected chi connectivity index (χ0v) is 11.9. The van der Waals surface area contributed by atoms with E-state index in [4.69, 9.17) is 15.2 Å². The normalized spacial score (nSPS) is 10.2. The minimum absolute atomic E-state index is 0.00750. The topological polar surface area (TPSA) is 61.5 Å². The zero-order chi connectivity index (χ0) is 15.4. The number of nitrogen functional groups attached to an aromatic ring is 1. The fraction of sp³-hybridized carbons (Fsp3) is 0.188. The summed E-state index contributed by atoms with van der Waals surface area (Å²) in [6.45, 7) is 1.98. The van der Waals surface area contributed by atoms with Gasteiger partial charge in [-0.3, -0.25) is 0 Å². The van der Waals surface area contributed by atoms with Crippen molar-refractivity contribution in [1.29, 1.82) is 0 Å². The van der Waals surface area contributed by atoms with Gasteiger partial charge in [0.1, 0.15) is 18.2 Å². The van der Waals surface area contributed by atoms with Crippen molar-refractivity contribution in [3.63, 3.8) is 0 Å². The molecule has 110 valence electrons. The highest BCUT2D eigenvalue weighted by Crippen LogP contribution is 2.21. The maximum atomic E-state index is 13.3. The number of hydrogen-bond acceptors (Lipinski definition) is 4. The number of benzene rings is 2. The van der Waals surface area contributed by atoms with Crippen molar-refractivity contribution in [2.75, 3.05) is 12.8 Å². The summed E-state index contributed by atoms with van der Waals surface area (Å²) in [7, 11) is 1.55. The number of hydrogen-bond donors (Lipinski definition) is 1. The van der Waals surface area contributed by atoms with Crippen LogP contribution in [0.5, 0.6) is 5.75 Å². The van der Waals surface area contributed by atoms with Gasteiger partial charge in [0.05, 0.1) is 18.4 Å². The van der Waals surface area contributed by atoms with Crippen LogP contribution in [0.3, 0.4) is 0 Å². The number of esters is 1. The first kappa shape index (κ1) is 14.8. The lowest BCUT2D eigenvalue weighted by Gasteiger charge is -2.10. The molecule has 21 heavy (non-hydrogen) atoms. The highest BCUT2D eigenvalue weighted by molar-refractivity contribution is 5.89. The molecular weight excluding hydrogens is 273 g/mol. The lowest BCUT2D eigenvalue weighted by Crippen LogP contribution is -2.07. The van der Waals surface area contributed by atoms with Gasteiger partial charge in [-0.05, 0) is 37.3 Å². The molecule has 0 radical (unpaired) electrons. The lowest BCUT2D eigenvalue weighted by molar-refractivity contribution is 0.0469. The molecule has 0 fully saturated rings. The summed E-state index contributed by atoms with van der Waals surface area (Å²) >= 11 is 0. The molecule has 0 amide bonds. The maximum Gasteiger partial charge on any atom is 0.338 e. The van der Waals surface area contributed by atoms with Gasteiger partial charge in [-0.25, -0.2) is 9.18 Å². The van der Waals surface area contributed by atoms with E-state index in [0.29, 0.717) is 5.75 Å². The van der Waals surface area contributed by atoms with Gasteiger partial charge in [0.15, 0.2) is 0 Å². The van der Waals surface area contributed by atoms with Gasteiger partial charge in [-0.1, -0.05) is 11.6 Å². The van der Waals surface area contributed by atoms with E-state index in [1.54, 1.807) is 13.2 Å². The van der Waals surface area contributed by atoms with Crippen molar-refractivity contribution in [1.82, 2.24) is 0 Å². The zero-order valence-electron chi connectivity index (χ0n) is 11.9. The van der Waals surface area contributed by atoms with Crippen molar-refractivity contribution < 1.29 is 18.7 Å². The Morgan fingerprint density at radius 2 is 2.00 bits per heavy atom. The Labute approximate surface area is 122 Å². The van der Waals surface area contributed by atoms with Crippen molar-refractivity contribution in [3.05, 3.63) is 58.9 Å². The van der Waals surface area contributed by atoms with Crippen LogP contribution < -0.4 is 10.5 Å². The second-order valence-electron chi connectivity index (χ2n) is 4.63. The van der Waals surface area contributed by atoms with Crippen LogP contribution in [0.25, 0.3) is 0 Å². The quantitative estimate of drug-likeness (QED) is 0.694. The van der Waals surface area contributed by atoms with Crippen molar-refractivity contribution in [3.8, 4) is 5.75 Å². The molecule has 4 nitrogen and oxygen atoms in total. The minimum Gasteiger partial charge on any atom is -0.496 e. The number of ether oxygens (including phenoxy) is 2. The van der Waals surface area contributed by atoms with Crippen LogP contribution in [0.4, 0.5) is 10.1 Å². The number of nitrogens with two attached hydrogens (primary N) is 1. The standard InChI is InChI=1S/C16H16FNO3/c1-10-3-6-15(20-2)12(7-10)9-21-16(19)11-4-5-14(18)13(17)8-11/h3-8H,9,18H2,1-2H3. The van der Waals surface area contributed by atoms with Gasteiger partial charge in [-0.2, -0.15) is 0 Å². The summed E-state index contributed by atoms with van der Waals surface area (Å²) in [5.74, 6) is -0.619. The fourth-order valence-corrected chi connectivity index (χ4v) is 1.90. The molecule has 0 spiro atoms. The molecule has 0 aliphatic carbocycles. The van der Waals surface area contributed by atoms with Crippen molar-refractivity contribution >= 4 is 11.7 Å². The Morgan fingerprint density at radius 1 is 1.24 bits per heavy atom. The van der Waals surface area contributed by atoms with Crippen LogP contribution in [0.15, 0.2) is 36.4 Å². The first-order valence-electron chi connectivity index (χ1n) is 6.37. The minimum atomic E-state index is -0.641. The van der Waals surface area contributed by atoms with E-state index in [2.05, 4.69) is 0 Å². The predicted molar refractivity (Wildman–Crippen MR) is 77.7 cm³/mol. The number of anilines is 1. The molecule has 0 aromatic heterocycles. The second-order valence-corrected chi connectivity index (χ2v) is 4.63. The fourth-order valence-electron chi connectivity index (χ4n) is 1.90. The van der Waals surface area contributed by atoms with E-state index >= 15 is 0 Å². The lowest BCUT2D eigenvalue weighted by atomic mass is 10.1. The molecule has 2 rings (SSSR count). The second kappa shape index (κ2) is 6.26. The monoisotopic (exact) mass is 289 g/mol. The third-order valence-corrected chi connectivity index (χ3v) is 3.03. The number of carbonyl (C=O) groups is 1. The molecule has 0 saturated carbocycles. The highest BCUT2D eigenvalue weighted by atomic mass is 19.1. The van der Waals surface area contributed by atoms with Crippen LogP contribution in [0.1, 0.15) is 21.5 Å². The van der Waals surface area contributed by atoms with Crippen LogP contribution in [-0.2, 0) is 11.3 Å². The molecule has 2 aromatic rings. The predicted octanol–water partition coefficient (Wildman–Crippen LogP) is 3.08. The smallest absolute Gasteiger partial charge is 0.338 e. The Balaban J connectivity index is 2.10. The van der Waals surface area contributed by atoms with E-state index in [1.807, 2.05) is 19.1 Å². The summed E-state index contributed by atoms with van der Waals surface area (Å²) in [5, 5.41) is 0. The summed E-state index contributed by atoms with van der Waals surface area (Å²) in [4.78, 5) is 11.9. The Kier molecular flexibility index (Phi) is 4.42. The molecular formula is C16H16FNO3. The summed E-state index contributed by atoms with van der Waals surface area (Å²) < 4.78 is 23.7. The molecule has 0 aliphatic heterocycles. The van der Waals surface area contributed by atoms with Gasteiger partial charge >= 0.3 is 5.97 Å². The van der Waals surface area contributed by atoms with Gasteiger partial charge in [0.25, 0.3) is 0 Å². The molecule has 0 bridgehead atoms. The van der Waals surface area contributed by atoms with E-state index in [9.17, 15) is 9.18 Å². The Bertz CT molecular complexity index is 671. The molecule has 0 atom stereocenters. The third kappa shape index (κ3) is 3.51. The highest BCUT2D eigenvalue weighted by Gasteiger charge is 2.12. The molecule has 2 N–H and O–H groups in total. The largest absolute Gasteiger partial charge is 0.496 e. The number of halogens is 1. The molecule has 0 aliphatic rings. The van der Waals surface area contributed by atoms with Gasteiger partial charge < -0.3 is 15.2 Å². The number of carbonyl (C=O) groups excluding carboxylic acids is 1. The summed E-state index contributed by atoms with van der Waals surface area (Å²) in [6, 6.07) is 9.40. The summed E-state index contributed by atoms with van der Waals surface area (Å²) in [6.07, 6.45) is 0. The van der Waals surface area contributed by atoms with E-state index < -0.39 is 11.8 Å². The third-order valence-electron chi connectivity index (χ3n) is 3.03. The Hall–Kier alpha value is -2.56. The van der Waals surface area contributed by atoms with E-state index in [1.165, 1.54) is 12.1 Å². The van der Waals surface area contributed by atoms with Crippen LogP contribution in [0.2, 0.25) is 0 Å². The van der Waals surface area contributed by atoms with Crippen LogP contribution in [0, 0.1) is 12.7 Å². The average Bonchev–Trinajstić information content (AvgIpc) is 2.47. The van der Waals surface area contributed by atoms with E-state index in [0.717, 1.165) is 17.2 Å². The SMILES string of the molecule is COc1ccc(C)cc1COC(=O)c1ccc(N)c(F)c1. The maximum absolute atomic E-state index is 13.3. The molecule has 2 aromatic carbocycles. The number of methoxy groups -OCH3 is 1. The van der Waals surface area contributed by atoms with Crippen LogP contribution >= 0.6 is 0 Å². The van der Waals surface area contributed by atoms with Gasteiger partial charge in [0.2, 0.25) is 0 Å². The number of rotatable bonds is 4.